The number of rotatable bonds is 4. The number of hydrogen-bond acceptors (Lipinski definition) is 3. The van der Waals surface area contributed by atoms with Crippen molar-refractivity contribution in [3.63, 3.8) is 0 Å². The minimum Gasteiger partial charge on any atom is -0.444 e. The van der Waals surface area contributed by atoms with E-state index in [1.807, 2.05) is 32.0 Å². The molecule has 1 heterocycles. The van der Waals surface area contributed by atoms with Crippen molar-refractivity contribution in [3.05, 3.63) is 51.9 Å². The molecule has 2 rings (SSSR count). The van der Waals surface area contributed by atoms with E-state index >= 15 is 0 Å². The lowest BCUT2D eigenvalue weighted by Gasteiger charge is -2.15. The molecule has 0 unspecified atom stereocenters. The lowest BCUT2D eigenvalue weighted by atomic mass is 10.1. The summed E-state index contributed by atoms with van der Waals surface area (Å²) in [6, 6.07) is 8.88. The number of halogens is 1. The highest BCUT2D eigenvalue weighted by Gasteiger charge is 2.18. The van der Waals surface area contributed by atoms with Crippen LogP contribution in [-0.4, -0.2) is 30.3 Å². The normalized spacial score (nSPS) is 10.4. The quantitative estimate of drug-likeness (QED) is 0.904. The molecule has 1 aromatic carbocycles. The number of carbonyl (C=O) groups excluding carboxylic acids is 2. The number of aryl methyl sites for hydroxylation is 2. The van der Waals surface area contributed by atoms with Gasteiger partial charge in [0.1, 0.15) is 0 Å². The Kier molecular flexibility index (Phi) is 5.03. The molecule has 0 atom stereocenters. The van der Waals surface area contributed by atoms with Gasteiger partial charge >= 0.3 is 0 Å². The van der Waals surface area contributed by atoms with Gasteiger partial charge in [0.15, 0.2) is 10.4 Å². The lowest BCUT2D eigenvalue weighted by molar-refractivity contribution is -0.116. The summed E-state index contributed by atoms with van der Waals surface area (Å²) >= 11 is 3.14. The average Bonchev–Trinajstić information content (AvgIpc) is 2.88. The molecule has 0 saturated carbocycles. The van der Waals surface area contributed by atoms with Crippen LogP contribution < -0.4 is 5.32 Å². The van der Waals surface area contributed by atoms with E-state index in [-0.39, 0.29) is 24.1 Å². The van der Waals surface area contributed by atoms with Gasteiger partial charge in [-0.1, -0.05) is 6.07 Å². The van der Waals surface area contributed by atoms with Crippen molar-refractivity contribution in [1.82, 2.24) is 4.90 Å². The molecule has 6 heteroatoms. The molecule has 0 spiro atoms. The van der Waals surface area contributed by atoms with Crippen molar-refractivity contribution in [2.24, 2.45) is 0 Å². The standard InChI is InChI=1S/C16H17BrN2O3/c1-10-4-5-12(8-11(10)2)18-15(20)9-19(3)16(21)13-6-7-14(17)22-13/h4-8H,9H2,1-3H3,(H,18,20). The van der Waals surface area contributed by atoms with Gasteiger partial charge in [-0.25, -0.2) is 0 Å². The number of benzene rings is 1. The molecule has 22 heavy (non-hydrogen) atoms. The highest BCUT2D eigenvalue weighted by atomic mass is 79.9. The van der Waals surface area contributed by atoms with Crippen molar-refractivity contribution >= 4 is 33.4 Å². The topological polar surface area (TPSA) is 62.6 Å². The van der Waals surface area contributed by atoms with Gasteiger partial charge < -0.3 is 14.6 Å². The van der Waals surface area contributed by atoms with Crippen molar-refractivity contribution in [3.8, 4) is 0 Å². The molecule has 0 bridgehead atoms. The summed E-state index contributed by atoms with van der Waals surface area (Å²) in [5, 5.41) is 2.78. The maximum atomic E-state index is 12.1. The molecule has 2 amide bonds. The Balaban J connectivity index is 1.96. The highest BCUT2D eigenvalue weighted by molar-refractivity contribution is 9.10. The number of nitrogens with one attached hydrogen (secondary N) is 1. The zero-order chi connectivity index (χ0) is 16.3. The van der Waals surface area contributed by atoms with Crippen LogP contribution in [0.15, 0.2) is 39.4 Å². The molecule has 0 aliphatic heterocycles. The van der Waals surface area contributed by atoms with Gasteiger partial charge in [0, 0.05) is 12.7 Å². The van der Waals surface area contributed by atoms with Crippen LogP contribution in [0, 0.1) is 13.8 Å². The van der Waals surface area contributed by atoms with E-state index in [9.17, 15) is 9.59 Å². The van der Waals surface area contributed by atoms with E-state index in [1.165, 1.54) is 4.90 Å². The first-order chi connectivity index (χ1) is 10.4. The van der Waals surface area contributed by atoms with Crippen molar-refractivity contribution < 1.29 is 14.0 Å². The van der Waals surface area contributed by atoms with E-state index in [1.54, 1.807) is 19.2 Å². The van der Waals surface area contributed by atoms with Gasteiger partial charge in [0.25, 0.3) is 5.91 Å². The van der Waals surface area contributed by atoms with Crippen molar-refractivity contribution in [1.29, 1.82) is 0 Å². The predicted molar refractivity (Wildman–Crippen MR) is 87.9 cm³/mol. The number of carbonyl (C=O) groups is 2. The van der Waals surface area contributed by atoms with Crippen LogP contribution in [0.1, 0.15) is 21.7 Å². The van der Waals surface area contributed by atoms with Crippen LogP contribution in [-0.2, 0) is 4.79 Å². The smallest absolute Gasteiger partial charge is 0.289 e. The number of nitrogens with zero attached hydrogens (tertiary/aromatic N) is 1. The third-order valence-electron chi connectivity index (χ3n) is 3.30. The zero-order valence-electron chi connectivity index (χ0n) is 12.6. The first-order valence-electron chi connectivity index (χ1n) is 6.74. The fourth-order valence-electron chi connectivity index (χ4n) is 1.92. The number of anilines is 1. The Morgan fingerprint density at radius 3 is 2.50 bits per heavy atom. The largest absolute Gasteiger partial charge is 0.444 e. The van der Waals surface area contributed by atoms with Gasteiger partial charge in [-0.2, -0.15) is 0 Å². The highest BCUT2D eigenvalue weighted by Crippen LogP contribution is 2.16. The molecular formula is C16H17BrN2O3. The van der Waals surface area contributed by atoms with Crippen LogP contribution in [0.4, 0.5) is 5.69 Å². The molecule has 0 aliphatic carbocycles. The number of hydrogen-bond donors (Lipinski definition) is 1. The second-order valence-corrected chi connectivity index (χ2v) is 5.89. The van der Waals surface area contributed by atoms with Gasteiger partial charge in [0.2, 0.25) is 5.91 Å². The van der Waals surface area contributed by atoms with Gasteiger partial charge in [-0.3, -0.25) is 9.59 Å². The average molecular weight is 365 g/mol. The maximum Gasteiger partial charge on any atom is 0.289 e. The van der Waals surface area contributed by atoms with Gasteiger partial charge in [-0.15, -0.1) is 0 Å². The first-order valence-corrected chi connectivity index (χ1v) is 7.54. The van der Waals surface area contributed by atoms with E-state index in [4.69, 9.17) is 4.42 Å². The van der Waals surface area contributed by atoms with Gasteiger partial charge in [-0.05, 0) is 65.2 Å². The first kappa shape index (κ1) is 16.3. The Bertz CT molecular complexity index is 709. The molecule has 116 valence electrons. The third-order valence-corrected chi connectivity index (χ3v) is 3.73. The van der Waals surface area contributed by atoms with Crippen LogP contribution in [0.2, 0.25) is 0 Å². The molecular weight excluding hydrogens is 348 g/mol. The Morgan fingerprint density at radius 2 is 1.91 bits per heavy atom. The Hall–Kier alpha value is -2.08. The molecule has 0 radical (unpaired) electrons. The molecule has 2 aromatic rings. The monoisotopic (exact) mass is 364 g/mol. The third kappa shape index (κ3) is 3.98. The number of likely N-dealkylation sites (N-methyl/N-ethyl adjacent to an activating group) is 1. The number of furan rings is 1. The summed E-state index contributed by atoms with van der Waals surface area (Å²) in [6.07, 6.45) is 0. The zero-order valence-corrected chi connectivity index (χ0v) is 14.2. The summed E-state index contributed by atoms with van der Waals surface area (Å²) in [4.78, 5) is 25.4. The van der Waals surface area contributed by atoms with E-state index in [0.717, 1.165) is 16.8 Å². The molecule has 5 nitrogen and oxygen atoms in total. The summed E-state index contributed by atoms with van der Waals surface area (Å²) in [7, 11) is 1.55. The van der Waals surface area contributed by atoms with Crippen LogP contribution in [0.3, 0.4) is 0 Å². The Labute approximate surface area is 137 Å². The second kappa shape index (κ2) is 6.79. The predicted octanol–water partition coefficient (Wildman–Crippen LogP) is 3.37. The van der Waals surface area contributed by atoms with E-state index in [2.05, 4.69) is 21.2 Å². The molecule has 0 saturated heterocycles. The molecule has 0 fully saturated rings. The minimum absolute atomic E-state index is 0.0515. The van der Waals surface area contributed by atoms with Crippen LogP contribution in [0.25, 0.3) is 0 Å². The van der Waals surface area contributed by atoms with E-state index in [0.29, 0.717) is 4.67 Å². The number of amides is 2. The fourth-order valence-corrected chi connectivity index (χ4v) is 2.23. The van der Waals surface area contributed by atoms with Crippen LogP contribution >= 0.6 is 15.9 Å². The summed E-state index contributed by atoms with van der Waals surface area (Å²) in [6.45, 7) is 3.94. The molecule has 1 N–H and O–H groups in total. The van der Waals surface area contributed by atoms with Crippen molar-refractivity contribution in [2.45, 2.75) is 13.8 Å². The lowest BCUT2D eigenvalue weighted by Crippen LogP contribution is -2.34. The Morgan fingerprint density at radius 1 is 1.18 bits per heavy atom. The summed E-state index contributed by atoms with van der Waals surface area (Å²) in [5.74, 6) is -0.418. The second-order valence-electron chi connectivity index (χ2n) is 5.11. The fraction of sp³-hybridized carbons (Fsp3) is 0.250. The molecule has 1 aromatic heterocycles. The molecule has 0 aliphatic rings. The van der Waals surface area contributed by atoms with Gasteiger partial charge in [0.05, 0.1) is 6.54 Å². The summed E-state index contributed by atoms with van der Waals surface area (Å²) in [5.41, 5.74) is 2.98. The minimum atomic E-state index is -0.346. The van der Waals surface area contributed by atoms with Crippen LogP contribution in [0.5, 0.6) is 0 Å². The maximum absolute atomic E-state index is 12.1. The van der Waals surface area contributed by atoms with Crippen molar-refractivity contribution in [2.75, 3.05) is 18.9 Å². The summed E-state index contributed by atoms with van der Waals surface area (Å²) < 4.78 is 5.66. The SMILES string of the molecule is Cc1ccc(NC(=O)CN(C)C(=O)c2ccc(Br)o2)cc1C. The van der Waals surface area contributed by atoms with E-state index < -0.39 is 0 Å².